The summed E-state index contributed by atoms with van der Waals surface area (Å²) in [6.45, 7) is 10.4. The Morgan fingerprint density at radius 2 is 1.89 bits per heavy atom. The van der Waals surface area contributed by atoms with Gasteiger partial charge in [-0.2, -0.15) is 0 Å². The van der Waals surface area contributed by atoms with Crippen LogP contribution in [-0.4, -0.2) is 26.3 Å². The van der Waals surface area contributed by atoms with Gasteiger partial charge in [0.25, 0.3) is 0 Å². The van der Waals surface area contributed by atoms with Crippen molar-refractivity contribution in [3.05, 3.63) is 24.3 Å². The lowest BCUT2D eigenvalue weighted by atomic mass is 9.87. The van der Waals surface area contributed by atoms with E-state index in [1.165, 1.54) is 0 Å². The van der Waals surface area contributed by atoms with Gasteiger partial charge in [-0.25, -0.2) is 0 Å². The average molecular weight is 251 g/mol. The Morgan fingerprint density at radius 3 is 2.44 bits per heavy atom. The van der Waals surface area contributed by atoms with Crippen molar-refractivity contribution in [1.82, 2.24) is 5.32 Å². The Bertz CT molecular complexity index is 358. The minimum absolute atomic E-state index is 0.175. The molecule has 0 saturated carbocycles. The van der Waals surface area contributed by atoms with Gasteiger partial charge in [0, 0.05) is 12.1 Å². The third-order valence-corrected chi connectivity index (χ3v) is 2.95. The number of likely N-dealkylation sites (N-methyl/N-ethyl adjacent to an activating group) is 1. The maximum atomic E-state index is 5.85. The zero-order chi connectivity index (χ0) is 13.6. The van der Waals surface area contributed by atoms with Gasteiger partial charge in [0.15, 0.2) is 0 Å². The maximum absolute atomic E-state index is 5.85. The molecule has 1 aromatic carbocycles. The molecule has 0 bridgehead atoms. The van der Waals surface area contributed by atoms with Crippen molar-refractivity contribution in [3.63, 3.8) is 0 Å². The molecule has 0 radical (unpaired) electrons. The fourth-order valence-electron chi connectivity index (χ4n) is 1.73. The molecule has 0 saturated heterocycles. The van der Waals surface area contributed by atoms with Gasteiger partial charge in [0.1, 0.15) is 18.1 Å². The highest BCUT2D eigenvalue weighted by atomic mass is 16.5. The van der Waals surface area contributed by atoms with E-state index in [1.807, 2.05) is 24.3 Å². The zero-order valence-electron chi connectivity index (χ0n) is 12.1. The number of ether oxygens (including phenoxy) is 2. The minimum Gasteiger partial charge on any atom is -0.497 e. The van der Waals surface area contributed by atoms with E-state index < -0.39 is 0 Å². The van der Waals surface area contributed by atoms with Crippen LogP contribution in [0.4, 0.5) is 0 Å². The minimum atomic E-state index is 0.175. The smallest absolute Gasteiger partial charge is 0.123 e. The number of rotatable bonds is 6. The average Bonchev–Trinajstić information content (AvgIpc) is 2.33. The van der Waals surface area contributed by atoms with Gasteiger partial charge in [-0.1, -0.05) is 33.8 Å². The van der Waals surface area contributed by atoms with E-state index in [4.69, 9.17) is 9.47 Å². The van der Waals surface area contributed by atoms with E-state index in [2.05, 4.69) is 33.0 Å². The molecule has 0 amide bonds. The second-order valence-corrected chi connectivity index (χ2v) is 5.47. The third-order valence-electron chi connectivity index (χ3n) is 2.95. The molecule has 1 unspecified atom stereocenters. The first kappa shape index (κ1) is 14.8. The van der Waals surface area contributed by atoms with Crippen LogP contribution in [0, 0.1) is 5.41 Å². The number of hydrogen-bond acceptors (Lipinski definition) is 3. The van der Waals surface area contributed by atoms with Crippen LogP contribution in [0.3, 0.4) is 0 Å². The molecule has 0 spiro atoms. The van der Waals surface area contributed by atoms with Gasteiger partial charge >= 0.3 is 0 Å². The van der Waals surface area contributed by atoms with E-state index in [0.29, 0.717) is 12.6 Å². The van der Waals surface area contributed by atoms with E-state index in [9.17, 15) is 0 Å². The fourth-order valence-corrected chi connectivity index (χ4v) is 1.73. The summed E-state index contributed by atoms with van der Waals surface area (Å²) in [5, 5.41) is 3.47. The second kappa shape index (κ2) is 6.64. The second-order valence-electron chi connectivity index (χ2n) is 5.47. The van der Waals surface area contributed by atoms with Gasteiger partial charge in [-0.15, -0.1) is 0 Å². The normalized spacial score (nSPS) is 13.2. The molecule has 1 aromatic rings. The molecule has 102 valence electrons. The topological polar surface area (TPSA) is 30.5 Å². The van der Waals surface area contributed by atoms with Crippen LogP contribution in [0.2, 0.25) is 0 Å². The molecule has 3 nitrogen and oxygen atoms in total. The monoisotopic (exact) mass is 251 g/mol. The molecular formula is C15H25NO2. The molecule has 0 fully saturated rings. The Morgan fingerprint density at radius 1 is 1.22 bits per heavy atom. The lowest BCUT2D eigenvalue weighted by Gasteiger charge is -2.31. The van der Waals surface area contributed by atoms with E-state index in [-0.39, 0.29) is 5.41 Å². The van der Waals surface area contributed by atoms with Crippen LogP contribution in [0.1, 0.15) is 27.7 Å². The van der Waals surface area contributed by atoms with Crippen molar-refractivity contribution in [2.24, 2.45) is 5.41 Å². The first-order valence-corrected chi connectivity index (χ1v) is 6.47. The van der Waals surface area contributed by atoms with Crippen molar-refractivity contribution < 1.29 is 9.47 Å². The van der Waals surface area contributed by atoms with Crippen molar-refractivity contribution in [2.75, 3.05) is 20.3 Å². The largest absolute Gasteiger partial charge is 0.497 e. The summed E-state index contributed by atoms with van der Waals surface area (Å²) in [5.41, 5.74) is 0.175. The number of hydrogen-bond donors (Lipinski definition) is 1. The van der Waals surface area contributed by atoms with Crippen LogP contribution in [0.15, 0.2) is 24.3 Å². The Kier molecular flexibility index (Phi) is 5.48. The molecule has 1 rings (SSSR count). The summed E-state index contributed by atoms with van der Waals surface area (Å²) in [6.07, 6.45) is 0. The van der Waals surface area contributed by atoms with Gasteiger partial charge in [0.05, 0.1) is 7.11 Å². The highest BCUT2D eigenvalue weighted by Crippen LogP contribution is 2.22. The number of nitrogens with one attached hydrogen (secondary N) is 1. The van der Waals surface area contributed by atoms with Crippen molar-refractivity contribution >= 4 is 0 Å². The molecule has 0 aliphatic carbocycles. The summed E-state index contributed by atoms with van der Waals surface area (Å²) in [6, 6.07) is 8.04. The first-order valence-electron chi connectivity index (χ1n) is 6.47. The van der Waals surface area contributed by atoms with Gasteiger partial charge in [-0.05, 0) is 24.1 Å². The molecular weight excluding hydrogens is 226 g/mol. The molecule has 0 heterocycles. The van der Waals surface area contributed by atoms with Gasteiger partial charge < -0.3 is 14.8 Å². The van der Waals surface area contributed by atoms with Crippen LogP contribution in [0.25, 0.3) is 0 Å². The van der Waals surface area contributed by atoms with E-state index in [0.717, 1.165) is 18.0 Å². The van der Waals surface area contributed by atoms with E-state index >= 15 is 0 Å². The molecule has 0 aliphatic heterocycles. The van der Waals surface area contributed by atoms with Crippen LogP contribution >= 0.6 is 0 Å². The van der Waals surface area contributed by atoms with Gasteiger partial charge in [-0.3, -0.25) is 0 Å². The standard InChI is InChI=1S/C15H25NO2/c1-6-16-14(15(2,3)4)11-18-13-9-7-8-12(10-13)17-5/h7-10,14,16H,6,11H2,1-5H3. The molecule has 1 N–H and O–H groups in total. The third kappa shape index (κ3) is 4.57. The van der Waals surface area contributed by atoms with Crippen molar-refractivity contribution in [1.29, 1.82) is 0 Å². The predicted octanol–water partition coefficient (Wildman–Crippen LogP) is 3.10. The van der Waals surface area contributed by atoms with E-state index in [1.54, 1.807) is 7.11 Å². The molecule has 0 aliphatic rings. The summed E-state index contributed by atoms with van der Waals surface area (Å²) in [4.78, 5) is 0. The first-order chi connectivity index (χ1) is 8.47. The summed E-state index contributed by atoms with van der Waals surface area (Å²) < 4.78 is 11.0. The van der Waals surface area contributed by atoms with Crippen molar-refractivity contribution in [2.45, 2.75) is 33.7 Å². The van der Waals surface area contributed by atoms with Crippen LogP contribution in [-0.2, 0) is 0 Å². The zero-order valence-corrected chi connectivity index (χ0v) is 12.1. The summed E-state index contributed by atoms with van der Waals surface area (Å²) in [5.74, 6) is 1.67. The fraction of sp³-hybridized carbons (Fsp3) is 0.600. The molecule has 0 aromatic heterocycles. The highest BCUT2D eigenvalue weighted by molar-refractivity contribution is 5.32. The number of benzene rings is 1. The predicted molar refractivity (Wildman–Crippen MR) is 75.4 cm³/mol. The summed E-state index contributed by atoms with van der Waals surface area (Å²) in [7, 11) is 1.66. The maximum Gasteiger partial charge on any atom is 0.123 e. The molecule has 1 atom stereocenters. The Labute approximate surface area is 110 Å². The quantitative estimate of drug-likeness (QED) is 0.842. The highest BCUT2D eigenvalue weighted by Gasteiger charge is 2.24. The number of methoxy groups -OCH3 is 1. The Balaban J connectivity index is 2.61. The van der Waals surface area contributed by atoms with Crippen LogP contribution < -0.4 is 14.8 Å². The lowest BCUT2D eigenvalue weighted by molar-refractivity contribution is 0.175. The summed E-state index contributed by atoms with van der Waals surface area (Å²) >= 11 is 0. The van der Waals surface area contributed by atoms with Gasteiger partial charge in [0.2, 0.25) is 0 Å². The molecule has 3 heteroatoms. The lowest BCUT2D eigenvalue weighted by Crippen LogP contribution is -2.44. The Hall–Kier alpha value is -1.22. The van der Waals surface area contributed by atoms with Crippen molar-refractivity contribution in [3.8, 4) is 11.5 Å². The van der Waals surface area contributed by atoms with Crippen LogP contribution in [0.5, 0.6) is 11.5 Å². The molecule has 18 heavy (non-hydrogen) atoms. The SMILES string of the molecule is CCNC(COc1cccc(OC)c1)C(C)(C)C.